The highest BCUT2D eigenvalue weighted by Crippen LogP contribution is 2.34. The predicted molar refractivity (Wildman–Crippen MR) is 73.1 cm³/mol. The van der Waals surface area contributed by atoms with Gasteiger partial charge in [-0.15, -0.1) is 0 Å². The largest absolute Gasteiger partial charge is 0.465 e. The van der Waals surface area contributed by atoms with E-state index in [9.17, 15) is 9.59 Å². The first-order valence-corrected chi connectivity index (χ1v) is 6.44. The van der Waals surface area contributed by atoms with Gasteiger partial charge in [0.1, 0.15) is 0 Å². The molecule has 0 spiro atoms. The molecule has 0 saturated carbocycles. The van der Waals surface area contributed by atoms with E-state index in [1.54, 1.807) is 13.0 Å². The molecule has 100 valence electrons. The smallest absolute Gasteiger partial charge is 0.322 e. The van der Waals surface area contributed by atoms with Crippen LogP contribution in [-0.4, -0.2) is 24.6 Å². The molecule has 1 unspecified atom stereocenters. The lowest BCUT2D eigenvalue weighted by molar-refractivity contribution is -0.143. The number of rotatable bonds is 3. The number of carbonyl (C=O) groups is 2. The Balaban J connectivity index is 2.41. The molecular formula is C15H17NO3. The Bertz CT molecular complexity index is 546. The predicted octanol–water partition coefficient (Wildman–Crippen LogP) is 2.89. The third-order valence-corrected chi connectivity index (χ3v) is 3.13. The van der Waals surface area contributed by atoms with Crippen molar-refractivity contribution in [2.45, 2.75) is 26.7 Å². The van der Waals surface area contributed by atoms with E-state index in [0.29, 0.717) is 11.3 Å². The SMILES string of the molecule is CCOC(=O)C1C=Nc2c(cccc2C(C)C)C1=O. The molecule has 1 aromatic rings. The fourth-order valence-electron chi connectivity index (χ4n) is 2.15. The van der Waals surface area contributed by atoms with E-state index in [-0.39, 0.29) is 18.3 Å². The van der Waals surface area contributed by atoms with Gasteiger partial charge < -0.3 is 4.74 Å². The van der Waals surface area contributed by atoms with E-state index in [2.05, 4.69) is 4.99 Å². The summed E-state index contributed by atoms with van der Waals surface area (Å²) in [5.41, 5.74) is 2.21. The van der Waals surface area contributed by atoms with Gasteiger partial charge >= 0.3 is 5.97 Å². The molecule has 19 heavy (non-hydrogen) atoms. The zero-order chi connectivity index (χ0) is 14.0. The van der Waals surface area contributed by atoms with Crippen LogP contribution in [-0.2, 0) is 9.53 Å². The maximum atomic E-state index is 12.3. The second-order valence-corrected chi connectivity index (χ2v) is 4.77. The maximum absolute atomic E-state index is 12.3. The minimum absolute atomic E-state index is 0.231. The van der Waals surface area contributed by atoms with Crippen LogP contribution in [0.2, 0.25) is 0 Å². The molecule has 0 bridgehead atoms. The number of aliphatic imine (C=N–C) groups is 1. The highest BCUT2D eigenvalue weighted by molar-refractivity contribution is 6.22. The van der Waals surface area contributed by atoms with Crippen LogP contribution in [0.15, 0.2) is 23.2 Å². The molecule has 1 atom stereocenters. The van der Waals surface area contributed by atoms with Crippen molar-refractivity contribution < 1.29 is 14.3 Å². The summed E-state index contributed by atoms with van der Waals surface area (Å²) in [6.45, 7) is 6.07. The summed E-state index contributed by atoms with van der Waals surface area (Å²) in [4.78, 5) is 28.3. The van der Waals surface area contributed by atoms with Crippen LogP contribution in [0.5, 0.6) is 0 Å². The molecule has 0 N–H and O–H groups in total. The summed E-state index contributed by atoms with van der Waals surface area (Å²) in [6, 6.07) is 5.50. The van der Waals surface area contributed by atoms with Gasteiger partial charge in [-0.3, -0.25) is 14.6 Å². The molecule has 4 nitrogen and oxygen atoms in total. The number of para-hydroxylation sites is 1. The number of nitrogens with zero attached hydrogens (tertiary/aromatic N) is 1. The second-order valence-electron chi connectivity index (χ2n) is 4.77. The fourth-order valence-corrected chi connectivity index (χ4v) is 2.15. The second kappa shape index (κ2) is 5.34. The topological polar surface area (TPSA) is 55.7 Å². The van der Waals surface area contributed by atoms with Crippen LogP contribution in [0.25, 0.3) is 0 Å². The number of fused-ring (bicyclic) bond motifs is 1. The summed E-state index contributed by atoms with van der Waals surface area (Å²) in [6.07, 6.45) is 1.40. The Morgan fingerprint density at radius 2 is 2.16 bits per heavy atom. The third-order valence-electron chi connectivity index (χ3n) is 3.13. The van der Waals surface area contributed by atoms with Crippen LogP contribution in [0, 0.1) is 5.92 Å². The Hall–Kier alpha value is -1.97. The average molecular weight is 259 g/mol. The molecule has 0 aliphatic carbocycles. The van der Waals surface area contributed by atoms with Crippen molar-refractivity contribution in [3.05, 3.63) is 29.3 Å². The fraction of sp³-hybridized carbons (Fsp3) is 0.400. The summed E-state index contributed by atoms with van der Waals surface area (Å²) in [5.74, 6) is -1.39. The molecule has 0 amide bonds. The Morgan fingerprint density at radius 3 is 2.79 bits per heavy atom. The molecule has 0 aromatic heterocycles. The van der Waals surface area contributed by atoms with E-state index in [4.69, 9.17) is 4.74 Å². The van der Waals surface area contributed by atoms with Crippen LogP contribution in [0.4, 0.5) is 5.69 Å². The molecule has 2 rings (SSSR count). The van der Waals surface area contributed by atoms with Crippen molar-refractivity contribution in [1.82, 2.24) is 0 Å². The van der Waals surface area contributed by atoms with Gasteiger partial charge in [0.05, 0.1) is 12.3 Å². The van der Waals surface area contributed by atoms with E-state index >= 15 is 0 Å². The minimum atomic E-state index is -0.908. The molecule has 1 aliphatic heterocycles. The van der Waals surface area contributed by atoms with Crippen molar-refractivity contribution in [3.63, 3.8) is 0 Å². The molecular weight excluding hydrogens is 242 g/mol. The third kappa shape index (κ3) is 2.43. The molecule has 4 heteroatoms. The number of ketones is 1. The lowest BCUT2D eigenvalue weighted by Crippen LogP contribution is -2.29. The maximum Gasteiger partial charge on any atom is 0.322 e. The van der Waals surface area contributed by atoms with Crippen LogP contribution >= 0.6 is 0 Å². The molecule has 1 aromatic carbocycles. The Morgan fingerprint density at radius 1 is 1.42 bits per heavy atom. The quantitative estimate of drug-likeness (QED) is 0.619. The monoisotopic (exact) mass is 259 g/mol. The molecule has 0 fully saturated rings. The summed E-state index contributed by atoms with van der Waals surface area (Å²) in [7, 11) is 0. The Labute approximate surface area is 112 Å². The highest BCUT2D eigenvalue weighted by atomic mass is 16.5. The van der Waals surface area contributed by atoms with E-state index in [1.165, 1.54) is 6.21 Å². The lowest BCUT2D eigenvalue weighted by Gasteiger charge is -2.19. The van der Waals surface area contributed by atoms with Crippen LogP contribution in [0.3, 0.4) is 0 Å². The first-order chi connectivity index (χ1) is 9.06. The number of ether oxygens (including phenoxy) is 1. The van der Waals surface area contributed by atoms with Crippen LogP contribution < -0.4 is 0 Å². The number of hydrogen-bond acceptors (Lipinski definition) is 4. The van der Waals surface area contributed by atoms with Crippen molar-refractivity contribution in [2.24, 2.45) is 10.9 Å². The number of carbonyl (C=O) groups excluding carboxylic acids is 2. The first-order valence-electron chi connectivity index (χ1n) is 6.44. The van der Waals surface area contributed by atoms with Crippen molar-refractivity contribution in [2.75, 3.05) is 6.61 Å². The zero-order valence-corrected chi connectivity index (χ0v) is 11.3. The van der Waals surface area contributed by atoms with Crippen molar-refractivity contribution >= 4 is 23.7 Å². The van der Waals surface area contributed by atoms with Gasteiger partial charge in [-0.25, -0.2) is 0 Å². The van der Waals surface area contributed by atoms with E-state index in [0.717, 1.165) is 5.56 Å². The number of Topliss-reactive ketones (excluding diaryl/α,β-unsaturated/α-hetero) is 1. The minimum Gasteiger partial charge on any atom is -0.465 e. The van der Waals surface area contributed by atoms with Gasteiger partial charge in [-0.2, -0.15) is 0 Å². The molecule has 1 heterocycles. The van der Waals surface area contributed by atoms with Gasteiger partial charge in [0.15, 0.2) is 11.7 Å². The summed E-state index contributed by atoms with van der Waals surface area (Å²) in [5, 5.41) is 0. The standard InChI is InChI=1S/C15H17NO3/c1-4-19-15(18)12-8-16-13-10(9(2)3)6-5-7-11(13)14(12)17/h5-9,12H,4H2,1-3H3. The van der Waals surface area contributed by atoms with E-state index < -0.39 is 11.9 Å². The molecule has 1 aliphatic rings. The normalized spacial score (nSPS) is 17.5. The average Bonchev–Trinajstić information content (AvgIpc) is 2.38. The van der Waals surface area contributed by atoms with Gasteiger partial charge in [0.25, 0.3) is 0 Å². The number of hydrogen-bond donors (Lipinski definition) is 0. The lowest BCUT2D eigenvalue weighted by atomic mass is 9.90. The van der Waals surface area contributed by atoms with Gasteiger partial charge in [0.2, 0.25) is 0 Å². The molecule has 0 saturated heterocycles. The Kier molecular flexibility index (Phi) is 3.79. The number of esters is 1. The highest BCUT2D eigenvalue weighted by Gasteiger charge is 2.32. The number of benzene rings is 1. The van der Waals surface area contributed by atoms with E-state index in [1.807, 2.05) is 26.0 Å². The van der Waals surface area contributed by atoms with Crippen LogP contribution in [0.1, 0.15) is 42.6 Å². The summed E-state index contributed by atoms with van der Waals surface area (Å²) < 4.78 is 4.89. The van der Waals surface area contributed by atoms with Crippen molar-refractivity contribution in [3.8, 4) is 0 Å². The van der Waals surface area contributed by atoms with Gasteiger partial charge in [0, 0.05) is 11.8 Å². The van der Waals surface area contributed by atoms with Crippen molar-refractivity contribution in [1.29, 1.82) is 0 Å². The zero-order valence-electron chi connectivity index (χ0n) is 11.3. The first kappa shape index (κ1) is 13.5. The summed E-state index contributed by atoms with van der Waals surface area (Å²) >= 11 is 0. The van der Waals surface area contributed by atoms with Gasteiger partial charge in [-0.05, 0) is 24.5 Å². The van der Waals surface area contributed by atoms with Gasteiger partial charge in [-0.1, -0.05) is 26.0 Å². The molecule has 0 radical (unpaired) electrons.